The molecule has 3 atom stereocenters. The van der Waals surface area contributed by atoms with E-state index in [1.165, 1.54) is 28.4 Å². The number of aryl methyl sites for hydroxylation is 1. The number of hydrogen-bond acceptors (Lipinski definition) is 9. The van der Waals surface area contributed by atoms with Gasteiger partial charge in [0.1, 0.15) is 18.0 Å². The van der Waals surface area contributed by atoms with Crippen LogP contribution in [0.2, 0.25) is 0 Å². The van der Waals surface area contributed by atoms with Gasteiger partial charge in [0.05, 0.1) is 30.8 Å². The molecule has 0 saturated carbocycles. The Morgan fingerprint density at radius 3 is 2.68 bits per heavy atom. The molecule has 0 spiro atoms. The Morgan fingerprint density at radius 1 is 1.11 bits per heavy atom. The number of piperazine rings is 1. The Labute approximate surface area is 259 Å². The maximum atomic E-state index is 13.3. The number of fused-ring (bicyclic) bond motifs is 2. The molecule has 10 heteroatoms. The van der Waals surface area contributed by atoms with Crippen molar-refractivity contribution in [3.05, 3.63) is 53.2 Å². The van der Waals surface area contributed by atoms with Gasteiger partial charge in [0.15, 0.2) is 0 Å². The summed E-state index contributed by atoms with van der Waals surface area (Å²) in [5.41, 5.74) is 4.14. The summed E-state index contributed by atoms with van der Waals surface area (Å²) in [7, 11) is 2.15. The van der Waals surface area contributed by atoms with E-state index < -0.39 is 5.54 Å². The molecule has 3 unspecified atom stereocenters. The molecule has 4 aliphatic rings. The fraction of sp³-hybridized carbons (Fsp3) is 0.529. The minimum Gasteiger partial charge on any atom is -0.462 e. The maximum absolute atomic E-state index is 13.3. The average molecular weight is 595 g/mol. The molecule has 2 aromatic carbocycles. The van der Waals surface area contributed by atoms with E-state index in [1.807, 2.05) is 11.8 Å². The van der Waals surface area contributed by atoms with Gasteiger partial charge in [0.2, 0.25) is 5.91 Å². The van der Waals surface area contributed by atoms with Crippen molar-refractivity contribution in [2.24, 2.45) is 0 Å². The van der Waals surface area contributed by atoms with Crippen LogP contribution in [0, 0.1) is 18.3 Å². The predicted octanol–water partition coefficient (Wildman–Crippen LogP) is 3.27. The molecule has 1 amide bonds. The molecule has 5 heterocycles. The van der Waals surface area contributed by atoms with E-state index in [0.717, 1.165) is 43.0 Å². The highest BCUT2D eigenvalue weighted by atomic mass is 16.5. The third-order valence-corrected chi connectivity index (χ3v) is 10.1. The standard InChI is InChI=1S/C34H42N8O2/c1-23-7-4-8-24-9-5-11-29(30(23)24)40-16-13-27-28(20-40)37-33(44-21-26-10-6-15-39(26)3)38-31(27)41-17-18-42(25(19-41)12-14-35)32(43)34(2)22-36-34/h4-5,7-9,11,25-26,36H,6,10,12-13,15-22H2,1-3H3. The summed E-state index contributed by atoms with van der Waals surface area (Å²) in [6, 6.07) is 15.9. The lowest BCUT2D eigenvalue weighted by atomic mass is 9.99. The van der Waals surface area contributed by atoms with Crippen LogP contribution < -0.4 is 19.9 Å². The molecular formula is C34H42N8O2. The first kappa shape index (κ1) is 28.8. The Balaban J connectivity index is 1.21. The van der Waals surface area contributed by atoms with Crippen molar-refractivity contribution in [2.75, 3.05) is 62.7 Å². The van der Waals surface area contributed by atoms with Crippen LogP contribution in [0.4, 0.5) is 11.5 Å². The molecule has 0 aliphatic carbocycles. The molecule has 10 nitrogen and oxygen atoms in total. The second-order valence-electron chi connectivity index (χ2n) is 13.1. The van der Waals surface area contributed by atoms with Gasteiger partial charge in [0, 0.05) is 55.4 Å². The van der Waals surface area contributed by atoms with Gasteiger partial charge in [-0.3, -0.25) is 4.79 Å². The second kappa shape index (κ2) is 11.5. The van der Waals surface area contributed by atoms with Crippen molar-refractivity contribution >= 4 is 28.2 Å². The van der Waals surface area contributed by atoms with Crippen molar-refractivity contribution in [1.29, 1.82) is 5.26 Å². The van der Waals surface area contributed by atoms with E-state index in [0.29, 0.717) is 51.4 Å². The zero-order valence-electron chi connectivity index (χ0n) is 26.1. The van der Waals surface area contributed by atoms with E-state index in [-0.39, 0.29) is 18.4 Å². The summed E-state index contributed by atoms with van der Waals surface area (Å²) in [4.78, 5) is 32.3. The number of likely N-dealkylation sites (N-methyl/N-ethyl adjacent to an activating group) is 1. The van der Waals surface area contributed by atoms with Crippen molar-refractivity contribution in [1.82, 2.24) is 25.1 Å². The number of carbonyl (C=O) groups is 1. The second-order valence-corrected chi connectivity index (χ2v) is 13.1. The van der Waals surface area contributed by atoms with Crippen molar-refractivity contribution in [2.45, 2.75) is 63.7 Å². The third-order valence-electron chi connectivity index (χ3n) is 10.1. The minimum atomic E-state index is -0.498. The van der Waals surface area contributed by atoms with E-state index in [9.17, 15) is 10.1 Å². The van der Waals surface area contributed by atoms with E-state index in [2.05, 4.69) is 76.5 Å². The fourth-order valence-electron chi connectivity index (χ4n) is 7.25. The third kappa shape index (κ3) is 5.33. The summed E-state index contributed by atoms with van der Waals surface area (Å²) in [6.45, 7) is 9.77. The summed E-state index contributed by atoms with van der Waals surface area (Å²) in [5, 5.41) is 15.4. The predicted molar refractivity (Wildman–Crippen MR) is 171 cm³/mol. The van der Waals surface area contributed by atoms with Gasteiger partial charge in [0.25, 0.3) is 0 Å². The summed E-state index contributed by atoms with van der Waals surface area (Å²) < 4.78 is 6.34. The van der Waals surface area contributed by atoms with Gasteiger partial charge >= 0.3 is 6.01 Å². The van der Waals surface area contributed by atoms with Crippen LogP contribution in [-0.2, 0) is 17.8 Å². The summed E-state index contributed by atoms with van der Waals surface area (Å²) in [5.74, 6) is 0.983. The molecule has 4 aliphatic heterocycles. The monoisotopic (exact) mass is 594 g/mol. The zero-order valence-corrected chi connectivity index (χ0v) is 26.1. The Bertz CT molecular complexity index is 1610. The van der Waals surface area contributed by atoms with Crippen LogP contribution in [0.25, 0.3) is 10.8 Å². The number of carbonyl (C=O) groups excluding carboxylic acids is 1. The number of amides is 1. The Kier molecular flexibility index (Phi) is 7.55. The first-order valence-electron chi connectivity index (χ1n) is 16.0. The number of anilines is 2. The highest BCUT2D eigenvalue weighted by molar-refractivity contribution is 5.97. The number of nitrogens with one attached hydrogen (secondary N) is 1. The topological polar surface area (TPSA) is 111 Å². The van der Waals surface area contributed by atoms with Gasteiger partial charge in [-0.15, -0.1) is 0 Å². The molecule has 1 aromatic heterocycles. The van der Waals surface area contributed by atoms with Gasteiger partial charge in [-0.1, -0.05) is 30.3 Å². The number of hydrogen-bond donors (Lipinski definition) is 1. The van der Waals surface area contributed by atoms with Crippen molar-refractivity contribution in [3.8, 4) is 12.1 Å². The molecule has 7 rings (SSSR count). The molecule has 3 aromatic rings. The molecule has 3 fully saturated rings. The number of likely N-dealkylation sites (tertiary alicyclic amines) is 1. The number of benzene rings is 2. The number of aromatic nitrogens is 2. The Hall–Kier alpha value is -3.94. The summed E-state index contributed by atoms with van der Waals surface area (Å²) in [6.07, 6.45) is 3.39. The quantitative estimate of drug-likeness (QED) is 0.412. The van der Waals surface area contributed by atoms with E-state index in [4.69, 9.17) is 14.7 Å². The van der Waals surface area contributed by atoms with Crippen LogP contribution in [0.15, 0.2) is 36.4 Å². The van der Waals surface area contributed by atoms with Gasteiger partial charge in [-0.2, -0.15) is 15.2 Å². The molecule has 0 radical (unpaired) electrons. The molecule has 1 N–H and O–H groups in total. The largest absolute Gasteiger partial charge is 0.462 e. The van der Waals surface area contributed by atoms with Crippen molar-refractivity contribution in [3.63, 3.8) is 0 Å². The van der Waals surface area contributed by atoms with Gasteiger partial charge in [-0.25, -0.2) is 0 Å². The highest BCUT2D eigenvalue weighted by Crippen LogP contribution is 2.36. The molecular weight excluding hydrogens is 552 g/mol. The van der Waals surface area contributed by atoms with Gasteiger partial charge < -0.3 is 29.7 Å². The lowest BCUT2D eigenvalue weighted by molar-refractivity contribution is -0.136. The first-order valence-corrected chi connectivity index (χ1v) is 16.0. The Morgan fingerprint density at radius 2 is 1.93 bits per heavy atom. The summed E-state index contributed by atoms with van der Waals surface area (Å²) >= 11 is 0. The van der Waals surface area contributed by atoms with Gasteiger partial charge in [-0.05, 0) is 63.7 Å². The van der Waals surface area contributed by atoms with Crippen LogP contribution in [0.3, 0.4) is 0 Å². The molecule has 44 heavy (non-hydrogen) atoms. The lowest BCUT2D eigenvalue weighted by Crippen LogP contribution is -2.58. The highest BCUT2D eigenvalue weighted by Gasteiger charge is 2.49. The zero-order chi connectivity index (χ0) is 30.4. The average Bonchev–Trinajstić information content (AvgIpc) is 3.66. The normalized spacial score (nSPS) is 25.2. The number of rotatable bonds is 7. The van der Waals surface area contributed by atoms with Crippen LogP contribution in [0.1, 0.15) is 43.0 Å². The first-order chi connectivity index (χ1) is 21.3. The number of ether oxygens (including phenoxy) is 1. The van der Waals surface area contributed by atoms with Crippen molar-refractivity contribution < 1.29 is 9.53 Å². The number of nitriles is 1. The molecule has 230 valence electrons. The lowest BCUT2D eigenvalue weighted by Gasteiger charge is -2.43. The minimum absolute atomic E-state index is 0.0906. The molecule has 3 saturated heterocycles. The fourth-order valence-corrected chi connectivity index (χ4v) is 7.25. The maximum Gasteiger partial charge on any atom is 0.318 e. The number of nitrogens with zero attached hydrogens (tertiary/aromatic N) is 7. The van der Waals surface area contributed by atoms with E-state index in [1.54, 1.807) is 0 Å². The SMILES string of the molecule is Cc1cccc2cccc(N3CCc4c(nc(OCC5CCCN5C)nc4N4CCN(C(=O)C5(C)CN5)C(CC#N)C4)C3)c12. The smallest absolute Gasteiger partial charge is 0.318 e. The van der Waals surface area contributed by atoms with Crippen LogP contribution >= 0.6 is 0 Å². The van der Waals surface area contributed by atoms with Crippen LogP contribution in [-0.4, -0.2) is 96.2 Å². The molecule has 0 bridgehead atoms. The van der Waals surface area contributed by atoms with Crippen LogP contribution in [0.5, 0.6) is 6.01 Å². The van der Waals surface area contributed by atoms with E-state index >= 15 is 0 Å².